The highest BCUT2D eigenvalue weighted by Crippen LogP contribution is 2.15. The van der Waals surface area contributed by atoms with E-state index in [1.165, 1.54) is 7.11 Å². The zero-order valence-corrected chi connectivity index (χ0v) is 10.0. The maximum atomic E-state index is 11.3. The molecule has 1 unspecified atom stereocenters. The number of nitrogens with zero attached hydrogens (tertiary/aromatic N) is 1. The second-order valence-corrected chi connectivity index (χ2v) is 3.60. The lowest BCUT2D eigenvalue weighted by atomic mass is 10.0. The van der Waals surface area contributed by atoms with Crippen molar-refractivity contribution in [2.24, 2.45) is 0 Å². The third kappa shape index (κ3) is 4.13. The first kappa shape index (κ1) is 13.6. The molecule has 1 heterocycles. The van der Waals surface area contributed by atoms with Crippen molar-refractivity contribution >= 4 is 5.97 Å². The number of methoxy groups -OCH3 is 1. The first-order chi connectivity index (χ1) is 8.19. The van der Waals surface area contributed by atoms with E-state index in [-0.39, 0.29) is 18.5 Å². The molecule has 1 N–H and O–H groups in total. The molecule has 1 atom stereocenters. The van der Waals surface area contributed by atoms with E-state index in [4.69, 9.17) is 9.84 Å². The summed E-state index contributed by atoms with van der Waals surface area (Å²) in [6.45, 7) is 2.41. The van der Waals surface area contributed by atoms with E-state index < -0.39 is 0 Å². The van der Waals surface area contributed by atoms with Crippen LogP contribution in [-0.2, 0) is 20.9 Å². The van der Waals surface area contributed by atoms with E-state index in [2.05, 4.69) is 9.72 Å². The van der Waals surface area contributed by atoms with Crippen LogP contribution < -0.4 is 0 Å². The summed E-state index contributed by atoms with van der Waals surface area (Å²) in [4.78, 5) is 15.5. The van der Waals surface area contributed by atoms with Gasteiger partial charge in [-0.2, -0.15) is 0 Å². The fourth-order valence-corrected chi connectivity index (χ4v) is 1.33. The van der Waals surface area contributed by atoms with E-state index in [1.54, 1.807) is 19.2 Å². The number of esters is 1. The maximum Gasteiger partial charge on any atom is 0.312 e. The average Bonchev–Trinajstić information content (AvgIpc) is 2.38. The van der Waals surface area contributed by atoms with E-state index in [0.717, 1.165) is 11.3 Å². The van der Waals surface area contributed by atoms with Gasteiger partial charge >= 0.3 is 5.97 Å². The van der Waals surface area contributed by atoms with Gasteiger partial charge in [-0.05, 0) is 18.6 Å². The monoisotopic (exact) mass is 239 g/mol. The Hall–Kier alpha value is -1.46. The molecule has 1 aromatic heterocycles. The van der Waals surface area contributed by atoms with Crippen LogP contribution in [0.25, 0.3) is 0 Å². The smallest absolute Gasteiger partial charge is 0.312 e. The van der Waals surface area contributed by atoms with Crippen LogP contribution >= 0.6 is 0 Å². The number of carbonyl (C=O) groups is 1. The van der Waals surface area contributed by atoms with Gasteiger partial charge in [-0.3, -0.25) is 9.78 Å². The summed E-state index contributed by atoms with van der Waals surface area (Å²) in [6.07, 6.45) is 1.64. The van der Waals surface area contributed by atoms with E-state index >= 15 is 0 Å². The second-order valence-electron chi connectivity index (χ2n) is 3.60. The van der Waals surface area contributed by atoms with Crippen molar-refractivity contribution < 1.29 is 19.4 Å². The number of hydrogen-bond acceptors (Lipinski definition) is 5. The average molecular weight is 239 g/mol. The summed E-state index contributed by atoms with van der Waals surface area (Å²) in [5, 5.41) is 8.55. The highest BCUT2D eigenvalue weighted by molar-refractivity contribution is 5.77. The van der Waals surface area contributed by atoms with Crippen molar-refractivity contribution in [1.29, 1.82) is 0 Å². The fraction of sp³-hybridized carbons (Fsp3) is 0.500. The Bertz CT molecular complexity index is 350. The Morgan fingerprint density at radius 1 is 1.53 bits per heavy atom. The van der Waals surface area contributed by atoms with Crippen LogP contribution in [0.15, 0.2) is 18.3 Å². The Kier molecular flexibility index (Phi) is 5.59. The molecular weight excluding hydrogens is 222 g/mol. The second kappa shape index (κ2) is 6.98. The molecule has 0 aliphatic heterocycles. The van der Waals surface area contributed by atoms with Crippen molar-refractivity contribution in [2.75, 3.05) is 20.3 Å². The summed E-state index contributed by atoms with van der Waals surface area (Å²) in [5.74, 6) is -0.601. The van der Waals surface area contributed by atoms with Crippen LogP contribution in [0.2, 0.25) is 0 Å². The summed E-state index contributed by atoms with van der Waals surface area (Å²) >= 11 is 0. The lowest BCUT2D eigenvalue weighted by molar-refractivity contribution is -0.142. The van der Waals surface area contributed by atoms with Gasteiger partial charge in [-0.15, -0.1) is 0 Å². The maximum absolute atomic E-state index is 11.3. The minimum Gasteiger partial charge on any atom is -0.469 e. The zero-order valence-electron chi connectivity index (χ0n) is 10.0. The molecule has 5 nitrogen and oxygen atoms in total. The van der Waals surface area contributed by atoms with Gasteiger partial charge in [0.1, 0.15) is 0 Å². The molecule has 0 aromatic carbocycles. The molecule has 5 heteroatoms. The molecule has 0 aliphatic rings. The van der Waals surface area contributed by atoms with Crippen molar-refractivity contribution in [1.82, 2.24) is 4.98 Å². The van der Waals surface area contributed by atoms with Crippen LogP contribution in [0.5, 0.6) is 0 Å². The minimum absolute atomic E-state index is 0.00252. The number of rotatable bonds is 6. The fourth-order valence-electron chi connectivity index (χ4n) is 1.33. The van der Waals surface area contributed by atoms with Crippen LogP contribution in [0.1, 0.15) is 24.1 Å². The molecule has 0 amide bonds. The molecule has 0 radical (unpaired) electrons. The molecule has 17 heavy (non-hydrogen) atoms. The number of ether oxygens (including phenoxy) is 2. The lowest BCUT2D eigenvalue weighted by Crippen LogP contribution is -2.11. The number of aliphatic hydroxyl groups excluding tert-OH is 1. The molecule has 0 aliphatic carbocycles. The number of aromatic nitrogens is 1. The predicted octanol–water partition coefficient (Wildman–Crippen LogP) is 0.867. The normalized spacial score (nSPS) is 12.2. The Morgan fingerprint density at radius 2 is 2.29 bits per heavy atom. The van der Waals surface area contributed by atoms with Crippen LogP contribution in [0.4, 0.5) is 0 Å². The third-order valence-electron chi connectivity index (χ3n) is 2.39. The molecule has 1 rings (SSSR count). The molecule has 0 fully saturated rings. The third-order valence-corrected chi connectivity index (χ3v) is 2.39. The quantitative estimate of drug-likeness (QED) is 0.589. The first-order valence-electron chi connectivity index (χ1n) is 5.40. The Morgan fingerprint density at radius 3 is 2.82 bits per heavy atom. The van der Waals surface area contributed by atoms with Gasteiger partial charge in [0.05, 0.1) is 38.5 Å². The first-order valence-corrected chi connectivity index (χ1v) is 5.40. The van der Waals surface area contributed by atoms with Crippen molar-refractivity contribution in [2.45, 2.75) is 19.4 Å². The largest absolute Gasteiger partial charge is 0.469 e. The molecule has 0 spiro atoms. The number of carbonyl (C=O) groups excluding carboxylic acids is 1. The van der Waals surface area contributed by atoms with Gasteiger partial charge < -0.3 is 14.6 Å². The lowest BCUT2D eigenvalue weighted by Gasteiger charge is -2.09. The highest BCUT2D eigenvalue weighted by Gasteiger charge is 2.15. The summed E-state index contributed by atoms with van der Waals surface area (Å²) < 4.78 is 9.79. The van der Waals surface area contributed by atoms with Gasteiger partial charge in [0.2, 0.25) is 0 Å². The van der Waals surface area contributed by atoms with Gasteiger partial charge in [0.15, 0.2) is 0 Å². The van der Waals surface area contributed by atoms with Gasteiger partial charge in [-0.25, -0.2) is 0 Å². The van der Waals surface area contributed by atoms with Crippen molar-refractivity contribution in [3.63, 3.8) is 0 Å². The number of aliphatic hydroxyl groups is 1. The molecule has 94 valence electrons. The predicted molar refractivity (Wildman–Crippen MR) is 61.4 cm³/mol. The number of pyridine rings is 1. The Labute approximate surface area is 100 Å². The molecule has 0 bridgehead atoms. The Balaban J connectivity index is 2.58. The minimum atomic E-state index is -0.320. The SMILES string of the molecule is COC(=O)C(C)c1ccc(COCCO)nc1. The molecule has 0 saturated carbocycles. The molecular formula is C12H17NO4. The van der Waals surface area contributed by atoms with Crippen LogP contribution in [-0.4, -0.2) is 36.4 Å². The highest BCUT2D eigenvalue weighted by atomic mass is 16.5. The zero-order chi connectivity index (χ0) is 12.7. The van der Waals surface area contributed by atoms with E-state index in [0.29, 0.717) is 13.2 Å². The van der Waals surface area contributed by atoms with Crippen LogP contribution in [0, 0.1) is 0 Å². The standard InChI is InChI=1S/C12H17NO4/c1-9(12(15)16-2)10-3-4-11(13-7-10)8-17-6-5-14/h3-4,7,9,14H,5-6,8H2,1-2H3. The van der Waals surface area contributed by atoms with Gasteiger partial charge in [0, 0.05) is 6.20 Å². The summed E-state index contributed by atoms with van der Waals surface area (Å²) in [5.41, 5.74) is 1.57. The topological polar surface area (TPSA) is 68.7 Å². The van der Waals surface area contributed by atoms with E-state index in [9.17, 15) is 4.79 Å². The van der Waals surface area contributed by atoms with Crippen LogP contribution in [0.3, 0.4) is 0 Å². The van der Waals surface area contributed by atoms with Crippen molar-refractivity contribution in [3.8, 4) is 0 Å². The number of hydrogen-bond donors (Lipinski definition) is 1. The molecule has 0 saturated heterocycles. The van der Waals surface area contributed by atoms with Crippen molar-refractivity contribution in [3.05, 3.63) is 29.6 Å². The van der Waals surface area contributed by atoms with Gasteiger partial charge in [-0.1, -0.05) is 6.07 Å². The summed E-state index contributed by atoms with van der Waals surface area (Å²) in [6, 6.07) is 3.62. The van der Waals surface area contributed by atoms with E-state index in [1.807, 2.05) is 6.07 Å². The molecule has 1 aromatic rings. The summed E-state index contributed by atoms with van der Waals surface area (Å²) in [7, 11) is 1.36. The van der Waals surface area contributed by atoms with Gasteiger partial charge in [0.25, 0.3) is 0 Å².